The van der Waals surface area contributed by atoms with Gasteiger partial charge in [-0.1, -0.05) is 0 Å². The smallest absolute Gasteiger partial charge is 0.317 e. The van der Waals surface area contributed by atoms with Crippen LogP contribution in [-0.2, 0) is 0 Å². The Morgan fingerprint density at radius 1 is 1.23 bits per heavy atom. The summed E-state index contributed by atoms with van der Waals surface area (Å²) in [7, 11) is 0. The SMILES string of the molecule is Cc1cc(N2CCCN(C(=O)NC(C)c3nc(C)sc3C)CC2)ccn1. The first-order valence-corrected chi connectivity index (χ1v) is 9.92. The molecular weight excluding hydrogens is 346 g/mol. The molecule has 1 saturated heterocycles. The Balaban J connectivity index is 1.60. The molecule has 3 heterocycles. The predicted octanol–water partition coefficient (Wildman–Crippen LogP) is 3.45. The van der Waals surface area contributed by atoms with Crippen LogP contribution in [0.4, 0.5) is 10.5 Å². The predicted molar refractivity (Wildman–Crippen MR) is 106 cm³/mol. The summed E-state index contributed by atoms with van der Waals surface area (Å²) in [5, 5.41) is 4.15. The number of pyridine rings is 1. The van der Waals surface area contributed by atoms with Crippen LogP contribution in [0.2, 0.25) is 0 Å². The topological polar surface area (TPSA) is 61.4 Å². The van der Waals surface area contributed by atoms with Gasteiger partial charge in [-0.25, -0.2) is 9.78 Å². The maximum absolute atomic E-state index is 12.7. The first-order chi connectivity index (χ1) is 12.4. The van der Waals surface area contributed by atoms with Crippen molar-refractivity contribution in [2.24, 2.45) is 0 Å². The minimum atomic E-state index is -0.0744. The molecule has 2 aromatic rings. The van der Waals surface area contributed by atoms with Crippen molar-refractivity contribution < 1.29 is 4.79 Å². The standard InChI is InChI=1S/C19H27N5OS/c1-13-12-17(6-7-20-13)23-8-5-9-24(11-10-23)19(25)21-14(2)18-15(3)26-16(4)22-18/h6-7,12,14H,5,8-11H2,1-4H3,(H,21,25). The van der Waals surface area contributed by atoms with Gasteiger partial charge in [0.15, 0.2) is 0 Å². The van der Waals surface area contributed by atoms with Gasteiger partial charge in [0, 0.05) is 48.6 Å². The van der Waals surface area contributed by atoms with E-state index in [2.05, 4.69) is 33.2 Å². The number of carbonyl (C=O) groups excluding carboxylic acids is 1. The summed E-state index contributed by atoms with van der Waals surface area (Å²) in [6, 6.07) is 4.06. The van der Waals surface area contributed by atoms with E-state index in [0.717, 1.165) is 49.0 Å². The Hall–Kier alpha value is -2.15. The molecule has 1 atom stereocenters. The van der Waals surface area contributed by atoms with Crippen molar-refractivity contribution in [3.63, 3.8) is 0 Å². The van der Waals surface area contributed by atoms with Gasteiger partial charge >= 0.3 is 6.03 Å². The quantitative estimate of drug-likeness (QED) is 0.895. The third-order valence-electron chi connectivity index (χ3n) is 4.72. The zero-order chi connectivity index (χ0) is 18.7. The molecule has 1 aliphatic heterocycles. The number of urea groups is 1. The van der Waals surface area contributed by atoms with Crippen LogP contribution in [0.3, 0.4) is 0 Å². The van der Waals surface area contributed by atoms with Crippen LogP contribution in [0.1, 0.15) is 40.7 Å². The maximum atomic E-state index is 12.7. The second kappa shape index (κ2) is 8.03. The molecule has 0 aromatic carbocycles. The normalized spacial score (nSPS) is 16.3. The lowest BCUT2D eigenvalue weighted by Gasteiger charge is -2.25. The van der Waals surface area contributed by atoms with E-state index in [1.807, 2.05) is 37.9 Å². The molecule has 3 rings (SSSR count). The first-order valence-electron chi connectivity index (χ1n) is 9.11. The highest BCUT2D eigenvalue weighted by Crippen LogP contribution is 2.23. The van der Waals surface area contributed by atoms with Crippen molar-refractivity contribution in [1.29, 1.82) is 0 Å². The summed E-state index contributed by atoms with van der Waals surface area (Å²) in [6.07, 6.45) is 2.80. The van der Waals surface area contributed by atoms with Gasteiger partial charge in [-0.2, -0.15) is 0 Å². The Bertz CT molecular complexity index is 775. The monoisotopic (exact) mass is 373 g/mol. The number of rotatable bonds is 3. The minimum Gasteiger partial charge on any atom is -0.370 e. The molecule has 6 nitrogen and oxygen atoms in total. The largest absolute Gasteiger partial charge is 0.370 e. The second-order valence-corrected chi connectivity index (χ2v) is 8.24. The number of nitrogens with zero attached hydrogens (tertiary/aromatic N) is 4. The van der Waals surface area contributed by atoms with Crippen molar-refractivity contribution in [3.8, 4) is 0 Å². The molecule has 1 fully saturated rings. The first kappa shape index (κ1) is 18.6. The lowest BCUT2D eigenvalue weighted by molar-refractivity contribution is 0.198. The van der Waals surface area contributed by atoms with Crippen LogP contribution in [0.15, 0.2) is 18.3 Å². The lowest BCUT2D eigenvalue weighted by Crippen LogP contribution is -2.43. The molecule has 0 spiro atoms. The minimum absolute atomic E-state index is 0.00434. The average Bonchev–Trinajstić information content (AvgIpc) is 2.81. The van der Waals surface area contributed by atoms with Crippen LogP contribution < -0.4 is 10.2 Å². The van der Waals surface area contributed by atoms with E-state index in [9.17, 15) is 4.79 Å². The van der Waals surface area contributed by atoms with Gasteiger partial charge in [0.05, 0.1) is 16.7 Å². The van der Waals surface area contributed by atoms with Gasteiger partial charge in [-0.15, -0.1) is 11.3 Å². The number of carbonyl (C=O) groups is 1. The molecule has 7 heteroatoms. The lowest BCUT2D eigenvalue weighted by atomic mass is 10.2. The number of hydrogen-bond acceptors (Lipinski definition) is 5. The third-order valence-corrected chi connectivity index (χ3v) is 5.62. The van der Waals surface area contributed by atoms with Crippen LogP contribution in [0, 0.1) is 20.8 Å². The third kappa shape index (κ3) is 4.33. The number of aromatic nitrogens is 2. The van der Waals surface area contributed by atoms with Crippen molar-refractivity contribution in [3.05, 3.63) is 39.6 Å². The molecule has 0 saturated carbocycles. The Morgan fingerprint density at radius 2 is 2.04 bits per heavy atom. The Morgan fingerprint density at radius 3 is 2.73 bits per heavy atom. The van der Waals surface area contributed by atoms with E-state index in [4.69, 9.17) is 0 Å². The Kier molecular flexibility index (Phi) is 5.76. The van der Waals surface area contributed by atoms with Crippen molar-refractivity contribution in [1.82, 2.24) is 20.2 Å². The molecule has 0 aliphatic carbocycles. The molecule has 1 unspecified atom stereocenters. The molecule has 0 bridgehead atoms. The van der Waals surface area contributed by atoms with Gasteiger partial charge in [-0.05, 0) is 46.2 Å². The number of anilines is 1. The van der Waals surface area contributed by atoms with Crippen LogP contribution in [-0.4, -0.2) is 47.1 Å². The Labute approximate surface area is 159 Å². The summed E-state index contributed by atoms with van der Waals surface area (Å²) in [5.41, 5.74) is 3.18. The zero-order valence-electron chi connectivity index (χ0n) is 16.0. The van der Waals surface area contributed by atoms with Gasteiger partial charge in [0.2, 0.25) is 0 Å². The van der Waals surface area contributed by atoms with Gasteiger partial charge in [-0.3, -0.25) is 4.98 Å². The highest BCUT2D eigenvalue weighted by atomic mass is 32.1. The van der Waals surface area contributed by atoms with Gasteiger partial charge in [0.25, 0.3) is 0 Å². The van der Waals surface area contributed by atoms with Crippen LogP contribution in [0.25, 0.3) is 0 Å². The van der Waals surface area contributed by atoms with Crippen molar-refractivity contribution in [2.45, 2.75) is 40.2 Å². The average molecular weight is 374 g/mol. The fourth-order valence-corrected chi connectivity index (χ4v) is 4.31. The fraction of sp³-hybridized carbons (Fsp3) is 0.526. The number of hydrogen-bond donors (Lipinski definition) is 1. The van der Waals surface area contributed by atoms with E-state index in [0.29, 0.717) is 0 Å². The number of amides is 2. The van der Waals surface area contributed by atoms with E-state index >= 15 is 0 Å². The van der Waals surface area contributed by atoms with Crippen molar-refractivity contribution in [2.75, 3.05) is 31.1 Å². The summed E-state index contributed by atoms with van der Waals surface area (Å²) < 4.78 is 0. The van der Waals surface area contributed by atoms with Crippen molar-refractivity contribution >= 4 is 23.1 Å². The number of thiazole rings is 1. The molecule has 140 valence electrons. The molecule has 1 aliphatic rings. The summed E-state index contributed by atoms with van der Waals surface area (Å²) in [6.45, 7) is 11.3. The maximum Gasteiger partial charge on any atom is 0.317 e. The van der Waals surface area contributed by atoms with E-state index < -0.39 is 0 Å². The van der Waals surface area contributed by atoms with Gasteiger partial charge in [0.1, 0.15) is 0 Å². The summed E-state index contributed by atoms with van der Waals surface area (Å²) in [5.74, 6) is 0. The molecule has 0 radical (unpaired) electrons. The highest BCUT2D eigenvalue weighted by Gasteiger charge is 2.22. The summed E-state index contributed by atoms with van der Waals surface area (Å²) >= 11 is 1.67. The number of aryl methyl sites for hydroxylation is 3. The second-order valence-electron chi connectivity index (χ2n) is 6.83. The molecular formula is C19H27N5OS. The number of nitrogens with one attached hydrogen (secondary N) is 1. The van der Waals surface area contributed by atoms with E-state index in [-0.39, 0.29) is 12.1 Å². The fourth-order valence-electron chi connectivity index (χ4n) is 3.40. The van der Waals surface area contributed by atoms with Crippen LogP contribution >= 0.6 is 11.3 Å². The summed E-state index contributed by atoms with van der Waals surface area (Å²) in [4.78, 5) is 27.0. The zero-order valence-corrected chi connectivity index (χ0v) is 16.8. The molecule has 2 amide bonds. The van der Waals surface area contributed by atoms with Crippen LogP contribution in [0.5, 0.6) is 0 Å². The van der Waals surface area contributed by atoms with E-state index in [1.165, 1.54) is 10.6 Å². The van der Waals surface area contributed by atoms with Gasteiger partial charge < -0.3 is 15.1 Å². The highest BCUT2D eigenvalue weighted by molar-refractivity contribution is 7.11. The van der Waals surface area contributed by atoms with E-state index in [1.54, 1.807) is 11.3 Å². The molecule has 2 aromatic heterocycles. The molecule has 26 heavy (non-hydrogen) atoms. The molecule has 1 N–H and O–H groups in total.